The minimum absolute atomic E-state index is 0.240. The Bertz CT molecular complexity index is 886. The molecule has 3 rings (SSSR count). The van der Waals surface area contributed by atoms with Crippen molar-refractivity contribution in [3.8, 4) is 0 Å². The number of aryl methyl sites for hydroxylation is 1. The maximum absolute atomic E-state index is 13.4. The molecule has 1 aromatic carbocycles. The predicted molar refractivity (Wildman–Crippen MR) is 97.9 cm³/mol. The molecule has 0 saturated carbocycles. The molecular formula is C19H23FN4O3. The van der Waals surface area contributed by atoms with E-state index in [1.807, 2.05) is 20.8 Å². The third-order valence-electron chi connectivity index (χ3n) is 4.15. The number of amides is 2. The minimum atomic E-state index is -0.593. The van der Waals surface area contributed by atoms with E-state index < -0.39 is 23.4 Å². The van der Waals surface area contributed by atoms with Crippen molar-refractivity contribution in [2.24, 2.45) is 7.05 Å². The summed E-state index contributed by atoms with van der Waals surface area (Å²) in [4.78, 5) is 26.7. The lowest BCUT2D eigenvalue weighted by Gasteiger charge is -2.29. The van der Waals surface area contributed by atoms with Gasteiger partial charge in [0.15, 0.2) is 0 Å². The number of halogens is 1. The number of hydrogen-bond acceptors (Lipinski definition) is 4. The molecule has 144 valence electrons. The van der Waals surface area contributed by atoms with Gasteiger partial charge in [0.2, 0.25) is 0 Å². The summed E-state index contributed by atoms with van der Waals surface area (Å²) in [5.41, 5.74) is 1.58. The summed E-state index contributed by atoms with van der Waals surface area (Å²) in [5.74, 6) is -0.834. The van der Waals surface area contributed by atoms with Crippen molar-refractivity contribution in [1.29, 1.82) is 0 Å². The van der Waals surface area contributed by atoms with E-state index >= 15 is 0 Å². The van der Waals surface area contributed by atoms with E-state index in [2.05, 4.69) is 10.4 Å². The van der Waals surface area contributed by atoms with Crippen LogP contribution in [0.15, 0.2) is 24.3 Å². The zero-order chi connectivity index (χ0) is 19.8. The summed E-state index contributed by atoms with van der Waals surface area (Å²) in [7, 11) is 1.68. The summed E-state index contributed by atoms with van der Waals surface area (Å²) in [5, 5.41) is 7.09. The third kappa shape index (κ3) is 4.27. The van der Waals surface area contributed by atoms with E-state index in [-0.39, 0.29) is 6.54 Å². The Labute approximate surface area is 157 Å². The molecule has 1 aromatic heterocycles. The Balaban J connectivity index is 1.82. The normalized spacial score (nSPS) is 13.9. The van der Waals surface area contributed by atoms with Crippen molar-refractivity contribution in [3.63, 3.8) is 0 Å². The van der Waals surface area contributed by atoms with Gasteiger partial charge in [-0.2, -0.15) is 5.10 Å². The van der Waals surface area contributed by atoms with E-state index in [9.17, 15) is 14.0 Å². The first-order valence-corrected chi connectivity index (χ1v) is 8.73. The maximum atomic E-state index is 13.4. The monoisotopic (exact) mass is 374 g/mol. The van der Waals surface area contributed by atoms with Gasteiger partial charge in [-0.15, -0.1) is 0 Å². The molecule has 0 saturated heterocycles. The van der Waals surface area contributed by atoms with Crippen molar-refractivity contribution in [3.05, 3.63) is 47.0 Å². The molecule has 1 aliphatic heterocycles. The highest BCUT2D eigenvalue weighted by atomic mass is 19.1. The lowest BCUT2D eigenvalue weighted by molar-refractivity contribution is 0.0222. The zero-order valence-corrected chi connectivity index (χ0v) is 15.9. The van der Waals surface area contributed by atoms with Gasteiger partial charge < -0.3 is 15.0 Å². The first-order valence-electron chi connectivity index (χ1n) is 8.73. The van der Waals surface area contributed by atoms with E-state index in [1.54, 1.807) is 18.0 Å². The smallest absolute Gasteiger partial charge is 0.410 e. The van der Waals surface area contributed by atoms with E-state index in [1.165, 1.54) is 22.9 Å². The Morgan fingerprint density at radius 2 is 2.04 bits per heavy atom. The van der Waals surface area contributed by atoms with Gasteiger partial charge in [-0.05, 0) is 39.0 Å². The van der Waals surface area contributed by atoms with E-state index in [0.29, 0.717) is 29.9 Å². The van der Waals surface area contributed by atoms with Crippen molar-refractivity contribution in [2.75, 3.05) is 11.9 Å². The Kier molecular flexibility index (Phi) is 4.91. The molecule has 27 heavy (non-hydrogen) atoms. The van der Waals surface area contributed by atoms with Gasteiger partial charge in [0.05, 0.1) is 12.2 Å². The van der Waals surface area contributed by atoms with Crippen LogP contribution in [0.4, 0.5) is 14.9 Å². The number of nitrogens with one attached hydrogen (secondary N) is 1. The quantitative estimate of drug-likeness (QED) is 0.876. The van der Waals surface area contributed by atoms with Crippen LogP contribution in [0.2, 0.25) is 0 Å². The predicted octanol–water partition coefficient (Wildman–Crippen LogP) is 3.10. The van der Waals surface area contributed by atoms with Crippen LogP contribution < -0.4 is 5.32 Å². The average molecular weight is 374 g/mol. The maximum Gasteiger partial charge on any atom is 0.410 e. The third-order valence-corrected chi connectivity index (χ3v) is 4.15. The summed E-state index contributed by atoms with van der Waals surface area (Å²) in [6.07, 6.45) is 0.115. The SMILES string of the molecule is Cn1nc2c(c1C(=O)Nc1cccc(F)c1)CN(C(=O)OC(C)(C)C)CC2. The number of nitrogens with zero attached hydrogens (tertiary/aromatic N) is 3. The van der Waals surface area contributed by atoms with Crippen LogP contribution >= 0.6 is 0 Å². The van der Waals surface area contributed by atoms with E-state index in [0.717, 1.165) is 5.69 Å². The van der Waals surface area contributed by atoms with Gasteiger partial charge in [0.1, 0.15) is 17.1 Å². The highest BCUT2D eigenvalue weighted by Crippen LogP contribution is 2.24. The van der Waals surface area contributed by atoms with Crippen LogP contribution in [0.5, 0.6) is 0 Å². The van der Waals surface area contributed by atoms with Crippen molar-refractivity contribution < 1.29 is 18.7 Å². The molecule has 2 amide bonds. The lowest BCUT2D eigenvalue weighted by Crippen LogP contribution is -2.40. The number of aromatic nitrogens is 2. The van der Waals surface area contributed by atoms with Crippen molar-refractivity contribution in [2.45, 2.75) is 39.3 Å². The number of fused-ring (bicyclic) bond motifs is 1. The molecule has 8 heteroatoms. The number of ether oxygens (including phenoxy) is 1. The number of carbonyl (C=O) groups excluding carboxylic acids is 2. The van der Waals surface area contributed by atoms with Crippen molar-refractivity contribution in [1.82, 2.24) is 14.7 Å². The molecule has 0 unspecified atom stereocenters. The average Bonchev–Trinajstić information content (AvgIpc) is 2.88. The molecule has 1 aliphatic rings. The minimum Gasteiger partial charge on any atom is -0.444 e. The van der Waals surface area contributed by atoms with Crippen LogP contribution in [-0.2, 0) is 24.8 Å². The topological polar surface area (TPSA) is 76.5 Å². The van der Waals surface area contributed by atoms with Crippen LogP contribution in [0.1, 0.15) is 42.5 Å². The fraction of sp³-hybridized carbons (Fsp3) is 0.421. The molecule has 0 fully saturated rings. The molecule has 1 N–H and O–H groups in total. The second-order valence-electron chi connectivity index (χ2n) is 7.51. The fourth-order valence-electron chi connectivity index (χ4n) is 3.02. The van der Waals surface area contributed by atoms with Gasteiger partial charge in [0.25, 0.3) is 5.91 Å². The van der Waals surface area contributed by atoms with Crippen molar-refractivity contribution >= 4 is 17.7 Å². The van der Waals surface area contributed by atoms with Gasteiger partial charge >= 0.3 is 6.09 Å². The van der Waals surface area contributed by atoms with Crippen LogP contribution in [0, 0.1) is 5.82 Å². The first-order chi connectivity index (χ1) is 12.6. The molecule has 0 bridgehead atoms. The largest absolute Gasteiger partial charge is 0.444 e. The van der Waals surface area contributed by atoms with Gasteiger partial charge in [-0.25, -0.2) is 9.18 Å². The number of anilines is 1. The van der Waals surface area contributed by atoms with E-state index in [4.69, 9.17) is 4.74 Å². The second-order valence-corrected chi connectivity index (χ2v) is 7.51. The van der Waals surface area contributed by atoms with Gasteiger partial charge in [-0.3, -0.25) is 9.48 Å². The van der Waals surface area contributed by atoms with Gasteiger partial charge in [-0.1, -0.05) is 6.07 Å². The number of hydrogen-bond donors (Lipinski definition) is 1. The number of rotatable bonds is 2. The summed E-state index contributed by atoms with van der Waals surface area (Å²) in [6.45, 7) is 6.14. The Hall–Kier alpha value is -2.90. The highest BCUT2D eigenvalue weighted by molar-refractivity contribution is 6.04. The number of benzene rings is 1. The molecule has 0 atom stereocenters. The Morgan fingerprint density at radius 3 is 2.70 bits per heavy atom. The zero-order valence-electron chi connectivity index (χ0n) is 15.9. The fourth-order valence-corrected chi connectivity index (χ4v) is 3.02. The van der Waals surface area contributed by atoms with Crippen LogP contribution in [-0.4, -0.2) is 38.8 Å². The molecule has 7 nitrogen and oxygen atoms in total. The summed E-state index contributed by atoms with van der Waals surface area (Å²) < 4.78 is 20.3. The molecule has 0 aliphatic carbocycles. The summed E-state index contributed by atoms with van der Waals surface area (Å²) in [6, 6.07) is 5.68. The number of carbonyl (C=O) groups is 2. The molecule has 0 radical (unpaired) electrons. The molecular weight excluding hydrogens is 351 g/mol. The standard InChI is InChI=1S/C19H23FN4O3/c1-19(2,3)27-18(26)24-9-8-15-14(11-24)16(23(4)22-15)17(25)21-13-7-5-6-12(20)10-13/h5-7,10H,8-9,11H2,1-4H3,(H,21,25). The van der Waals surface area contributed by atoms with Gasteiger partial charge in [0, 0.05) is 31.3 Å². The van der Waals surface area contributed by atoms with Crippen LogP contribution in [0.25, 0.3) is 0 Å². The molecule has 0 spiro atoms. The second kappa shape index (κ2) is 7.02. The molecule has 2 aromatic rings. The lowest BCUT2D eigenvalue weighted by atomic mass is 10.1. The highest BCUT2D eigenvalue weighted by Gasteiger charge is 2.31. The first kappa shape index (κ1) is 18.9. The molecule has 2 heterocycles. The Morgan fingerprint density at radius 1 is 1.30 bits per heavy atom. The van der Waals surface area contributed by atoms with Crippen LogP contribution in [0.3, 0.4) is 0 Å². The summed E-state index contributed by atoms with van der Waals surface area (Å²) >= 11 is 0.